The molecule has 1 aliphatic rings. The molecule has 25 heavy (non-hydrogen) atoms. The molecule has 0 aliphatic carbocycles. The van der Waals surface area contributed by atoms with Crippen LogP contribution in [0.1, 0.15) is 19.2 Å². The standard InChI is InChI=1S/C19H26N4O2/c1-2-22-12-9-20-18(22)15-21-10-6-11-23(14-13-21)19(24)16-25-17-7-4-3-5-8-17/h3-5,7-9,12H,2,6,10-11,13-16H2,1H3. The third-order valence-electron chi connectivity index (χ3n) is 4.55. The minimum atomic E-state index is 0.0563. The Morgan fingerprint density at radius 1 is 1.16 bits per heavy atom. The lowest BCUT2D eigenvalue weighted by Gasteiger charge is -2.22. The van der Waals surface area contributed by atoms with Crippen molar-refractivity contribution in [3.8, 4) is 5.75 Å². The van der Waals surface area contributed by atoms with Crippen molar-refractivity contribution in [1.82, 2.24) is 19.4 Å². The molecule has 0 spiro atoms. The predicted octanol–water partition coefficient (Wildman–Crippen LogP) is 2.02. The molecule has 2 heterocycles. The number of hydrogen-bond acceptors (Lipinski definition) is 4. The van der Waals surface area contributed by atoms with Crippen LogP contribution in [0.5, 0.6) is 5.75 Å². The predicted molar refractivity (Wildman–Crippen MR) is 96.3 cm³/mol. The molecule has 0 atom stereocenters. The van der Waals surface area contributed by atoms with E-state index in [1.165, 1.54) is 0 Å². The minimum absolute atomic E-state index is 0.0563. The second-order valence-corrected chi connectivity index (χ2v) is 6.24. The molecule has 0 unspecified atom stereocenters. The molecule has 0 radical (unpaired) electrons. The van der Waals surface area contributed by atoms with E-state index in [-0.39, 0.29) is 12.5 Å². The van der Waals surface area contributed by atoms with Crippen LogP contribution in [-0.4, -0.2) is 58.0 Å². The zero-order chi connectivity index (χ0) is 17.5. The highest BCUT2D eigenvalue weighted by molar-refractivity contribution is 5.77. The number of ether oxygens (including phenoxy) is 1. The van der Waals surface area contributed by atoms with Crippen LogP contribution in [0, 0.1) is 0 Å². The Balaban J connectivity index is 1.48. The van der Waals surface area contributed by atoms with Crippen LogP contribution in [0.4, 0.5) is 0 Å². The van der Waals surface area contributed by atoms with Crippen molar-refractivity contribution in [1.29, 1.82) is 0 Å². The van der Waals surface area contributed by atoms with Gasteiger partial charge in [-0.15, -0.1) is 0 Å². The number of amides is 1. The quantitative estimate of drug-likeness (QED) is 0.806. The molecule has 1 aliphatic heterocycles. The van der Waals surface area contributed by atoms with Crippen molar-refractivity contribution in [2.24, 2.45) is 0 Å². The summed E-state index contributed by atoms with van der Waals surface area (Å²) in [7, 11) is 0. The minimum Gasteiger partial charge on any atom is -0.484 e. The van der Waals surface area contributed by atoms with Gasteiger partial charge in [0.25, 0.3) is 5.91 Å². The van der Waals surface area contributed by atoms with Gasteiger partial charge in [0.2, 0.25) is 0 Å². The van der Waals surface area contributed by atoms with E-state index in [1.807, 2.05) is 47.6 Å². The average molecular weight is 342 g/mol. The van der Waals surface area contributed by atoms with Crippen LogP contribution in [-0.2, 0) is 17.9 Å². The van der Waals surface area contributed by atoms with Crippen molar-refractivity contribution in [3.63, 3.8) is 0 Å². The molecule has 6 heteroatoms. The maximum absolute atomic E-state index is 12.4. The Bertz CT molecular complexity index is 671. The summed E-state index contributed by atoms with van der Waals surface area (Å²) in [6, 6.07) is 9.48. The second kappa shape index (κ2) is 8.67. The lowest BCUT2D eigenvalue weighted by Crippen LogP contribution is -2.38. The molecule has 0 bridgehead atoms. The van der Waals surface area contributed by atoms with Gasteiger partial charge >= 0.3 is 0 Å². The molecule has 1 saturated heterocycles. The maximum atomic E-state index is 12.4. The van der Waals surface area contributed by atoms with E-state index in [0.29, 0.717) is 0 Å². The number of carbonyl (C=O) groups is 1. The SMILES string of the molecule is CCn1ccnc1CN1CCCN(C(=O)COc2ccccc2)CC1. The zero-order valence-corrected chi connectivity index (χ0v) is 14.8. The summed E-state index contributed by atoms with van der Waals surface area (Å²) in [5.41, 5.74) is 0. The molecule has 2 aromatic rings. The van der Waals surface area contributed by atoms with Gasteiger partial charge in [0.15, 0.2) is 6.61 Å². The van der Waals surface area contributed by atoms with E-state index in [1.54, 1.807) is 0 Å². The Kier molecular flexibility index (Phi) is 6.06. The highest BCUT2D eigenvalue weighted by Gasteiger charge is 2.20. The van der Waals surface area contributed by atoms with Gasteiger partial charge < -0.3 is 14.2 Å². The lowest BCUT2D eigenvalue weighted by atomic mass is 10.3. The van der Waals surface area contributed by atoms with E-state index < -0.39 is 0 Å². The smallest absolute Gasteiger partial charge is 0.260 e. The first-order valence-electron chi connectivity index (χ1n) is 8.94. The normalized spacial score (nSPS) is 15.8. The van der Waals surface area contributed by atoms with E-state index in [2.05, 4.69) is 21.4 Å². The number of aryl methyl sites for hydroxylation is 1. The fourth-order valence-corrected chi connectivity index (χ4v) is 3.11. The Labute approximate surface area is 149 Å². The monoisotopic (exact) mass is 342 g/mol. The third kappa shape index (κ3) is 4.82. The van der Waals surface area contributed by atoms with Gasteiger partial charge in [-0.1, -0.05) is 18.2 Å². The summed E-state index contributed by atoms with van der Waals surface area (Å²) in [4.78, 5) is 21.2. The number of carbonyl (C=O) groups excluding carboxylic acids is 1. The van der Waals surface area contributed by atoms with Crippen molar-refractivity contribution >= 4 is 5.91 Å². The first-order valence-corrected chi connectivity index (χ1v) is 8.94. The van der Waals surface area contributed by atoms with Crippen LogP contribution in [0.2, 0.25) is 0 Å². The average Bonchev–Trinajstić information content (AvgIpc) is 2.96. The van der Waals surface area contributed by atoms with Crippen LogP contribution in [0.15, 0.2) is 42.7 Å². The summed E-state index contributed by atoms with van der Waals surface area (Å²) < 4.78 is 7.75. The Morgan fingerprint density at radius 2 is 2.00 bits per heavy atom. The van der Waals surface area contributed by atoms with E-state index in [4.69, 9.17) is 4.74 Å². The molecular formula is C19H26N4O2. The summed E-state index contributed by atoms with van der Waals surface area (Å²) in [5, 5.41) is 0. The van der Waals surface area contributed by atoms with Crippen LogP contribution < -0.4 is 4.74 Å². The lowest BCUT2D eigenvalue weighted by molar-refractivity contribution is -0.133. The van der Waals surface area contributed by atoms with Crippen LogP contribution in [0.25, 0.3) is 0 Å². The van der Waals surface area contributed by atoms with Gasteiger partial charge in [-0.25, -0.2) is 4.98 Å². The van der Waals surface area contributed by atoms with E-state index in [9.17, 15) is 4.79 Å². The van der Waals surface area contributed by atoms with Crippen molar-refractivity contribution < 1.29 is 9.53 Å². The molecule has 6 nitrogen and oxygen atoms in total. The van der Waals surface area contributed by atoms with Gasteiger partial charge in [-0.05, 0) is 25.5 Å². The molecule has 1 amide bonds. The van der Waals surface area contributed by atoms with Crippen LogP contribution >= 0.6 is 0 Å². The van der Waals surface area contributed by atoms with Crippen molar-refractivity contribution in [2.75, 3.05) is 32.8 Å². The topological polar surface area (TPSA) is 50.6 Å². The second-order valence-electron chi connectivity index (χ2n) is 6.24. The molecular weight excluding hydrogens is 316 g/mol. The molecule has 1 fully saturated rings. The number of para-hydroxylation sites is 1. The zero-order valence-electron chi connectivity index (χ0n) is 14.8. The first kappa shape index (κ1) is 17.5. The van der Waals surface area contributed by atoms with E-state index >= 15 is 0 Å². The Hall–Kier alpha value is -2.34. The highest BCUT2D eigenvalue weighted by Crippen LogP contribution is 2.11. The number of aromatic nitrogens is 2. The molecule has 0 saturated carbocycles. The number of rotatable bonds is 6. The number of imidazole rings is 1. The van der Waals surface area contributed by atoms with Gasteiger partial charge in [0, 0.05) is 45.1 Å². The summed E-state index contributed by atoms with van der Waals surface area (Å²) in [6.45, 7) is 7.38. The number of benzene rings is 1. The largest absolute Gasteiger partial charge is 0.484 e. The third-order valence-corrected chi connectivity index (χ3v) is 4.55. The van der Waals surface area contributed by atoms with Gasteiger partial charge in [-0.3, -0.25) is 9.69 Å². The Morgan fingerprint density at radius 3 is 2.80 bits per heavy atom. The van der Waals surface area contributed by atoms with Gasteiger partial charge in [0.05, 0.1) is 6.54 Å². The number of nitrogens with zero attached hydrogens (tertiary/aromatic N) is 4. The summed E-state index contributed by atoms with van der Waals surface area (Å²) >= 11 is 0. The van der Waals surface area contributed by atoms with Crippen molar-refractivity contribution in [3.05, 3.63) is 48.5 Å². The fraction of sp³-hybridized carbons (Fsp3) is 0.474. The summed E-state index contributed by atoms with van der Waals surface area (Å²) in [5.74, 6) is 1.88. The first-order chi connectivity index (χ1) is 12.3. The fourth-order valence-electron chi connectivity index (χ4n) is 3.11. The highest BCUT2D eigenvalue weighted by atomic mass is 16.5. The molecule has 1 aromatic carbocycles. The van der Waals surface area contributed by atoms with Gasteiger partial charge in [0.1, 0.15) is 11.6 Å². The van der Waals surface area contributed by atoms with Gasteiger partial charge in [-0.2, -0.15) is 0 Å². The maximum Gasteiger partial charge on any atom is 0.260 e. The van der Waals surface area contributed by atoms with Crippen molar-refractivity contribution in [2.45, 2.75) is 26.4 Å². The van der Waals surface area contributed by atoms with Crippen LogP contribution in [0.3, 0.4) is 0 Å². The molecule has 3 rings (SSSR count). The summed E-state index contributed by atoms with van der Waals surface area (Å²) in [6.07, 6.45) is 4.85. The molecule has 134 valence electrons. The molecule has 0 N–H and O–H groups in total. The number of hydrogen-bond donors (Lipinski definition) is 0. The molecule has 1 aromatic heterocycles. The van der Waals surface area contributed by atoms with E-state index in [0.717, 1.165) is 57.3 Å².